The molecule has 1 N–H and O–H groups in total. The Labute approximate surface area is 183 Å². The largest absolute Gasteiger partial charge is 0.481 e. The van der Waals surface area contributed by atoms with Gasteiger partial charge in [0.25, 0.3) is 0 Å². The molecule has 3 atom stereocenters. The van der Waals surface area contributed by atoms with Gasteiger partial charge in [-0.1, -0.05) is 36.8 Å². The summed E-state index contributed by atoms with van der Waals surface area (Å²) in [4.78, 5) is 19.3. The SMILES string of the molecule is C[C@H]1CCc2c(ccc3c2nc(Cc2ccccc2)n3C2CCCC(C(=O)O)C2)N1C. The van der Waals surface area contributed by atoms with Gasteiger partial charge in [0.2, 0.25) is 0 Å². The number of fused-ring (bicyclic) bond motifs is 3. The molecule has 2 aromatic carbocycles. The van der Waals surface area contributed by atoms with Crippen molar-refractivity contribution in [2.75, 3.05) is 11.9 Å². The third-order valence-corrected chi connectivity index (χ3v) is 7.43. The van der Waals surface area contributed by atoms with Gasteiger partial charge >= 0.3 is 5.97 Å². The van der Waals surface area contributed by atoms with Gasteiger partial charge in [-0.3, -0.25) is 4.79 Å². The van der Waals surface area contributed by atoms with Gasteiger partial charge in [-0.05, 0) is 56.7 Å². The number of imidazole rings is 1. The smallest absolute Gasteiger partial charge is 0.306 e. The highest BCUT2D eigenvalue weighted by Crippen LogP contribution is 2.40. The lowest BCUT2D eigenvalue weighted by Crippen LogP contribution is -2.33. The summed E-state index contributed by atoms with van der Waals surface area (Å²) in [5, 5.41) is 9.65. The van der Waals surface area contributed by atoms with Crippen LogP contribution in [0.4, 0.5) is 5.69 Å². The molecule has 1 aliphatic carbocycles. The zero-order valence-corrected chi connectivity index (χ0v) is 18.4. The zero-order chi connectivity index (χ0) is 21.5. The monoisotopic (exact) mass is 417 g/mol. The zero-order valence-electron chi connectivity index (χ0n) is 18.4. The molecule has 1 aromatic heterocycles. The number of carbonyl (C=O) groups is 1. The number of nitrogens with zero attached hydrogens (tertiary/aromatic N) is 3. The van der Waals surface area contributed by atoms with Gasteiger partial charge in [0, 0.05) is 36.8 Å². The predicted molar refractivity (Wildman–Crippen MR) is 124 cm³/mol. The van der Waals surface area contributed by atoms with E-state index in [1.807, 2.05) is 6.07 Å². The quantitative estimate of drug-likeness (QED) is 0.633. The molecule has 0 saturated heterocycles. The molecule has 162 valence electrons. The Hall–Kier alpha value is -2.82. The van der Waals surface area contributed by atoms with Gasteiger partial charge in [-0.15, -0.1) is 0 Å². The number of anilines is 1. The van der Waals surface area contributed by atoms with Crippen LogP contribution in [-0.2, 0) is 17.6 Å². The maximum atomic E-state index is 11.7. The Morgan fingerprint density at radius 3 is 2.71 bits per heavy atom. The van der Waals surface area contributed by atoms with Crippen LogP contribution < -0.4 is 4.90 Å². The van der Waals surface area contributed by atoms with Crippen LogP contribution >= 0.6 is 0 Å². The summed E-state index contributed by atoms with van der Waals surface area (Å²) in [5.74, 6) is 0.143. The molecule has 5 rings (SSSR count). The minimum absolute atomic E-state index is 0.192. The molecular formula is C26H31N3O2. The maximum absolute atomic E-state index is 11.7. The third-order valence-electron chi connectivity index (χ3n) is 7.43. The molecule has 1 saturated carbocycles. The molecule has 1 fully saturated rings. The van der Waals surface area contributed by atoms with Crippen LogP contribution in [0.5, 0.6) is 0 Å². The number of carboxylic acid groups (broad SMARTS) is 1. The first-order chi connectivity index (χ1) is 15.0. The number of hydrogen-bond donors (Lipinski definition) is 1. The summed E-state index contributed by atoms with van der Waals surface area (Å²) in [6, 6.07) is 15.7. The van der Waals surface area contributed by atoms with Crippen LogP contribution in [-0.4, -0.2) is 33.7 Å². The second kappa shape index (κ2) is 8.03. The summed E-state index contributed by atoms with van der Waals surface area (Å²) < 4.78 is 2.38. The molecule has 0 bridgehead atoms. The molecule has 5 nitrogen and oxygen atoms in total. The van der Waals surface area contributed by atoms with E-state index in [4.69, 9.17) is 4.98 Å². The average Bonchev–Trinajstić information content (AvgIpc) is 3.15. The number of benzene rings is 2. The second-order valence-corrected chi connectivity index (χ2v) is 9.35. The summed E-state index contributed by atoms with van der Waals surface area (Å²) in [7, 11) is 2.18. The van der Waals surface area contributed by atoms with Crippen LogP contribution in [0.15, 0.2) is 42.5 Å². The number of aromatic nitrogens is 2. The maximum Gasteiger partial charge on any atom is 0.306 e. The predicted octanol–water partition coefficient (Wildman–Crippen LogP) is 5.21. The molecule has 3 aromatic rings. The Balaban J connectivity index is 1.64. The minimum Gasteiger partial charge on any atom is -0.481 e. The van der Waals surface area contributed by atoms with Gasteiger partial charge in [-0.25, -0.2) is 4.98 Å². The van der Waals surface area contributed by atoms with Crippen LogP contribution in [0.3, 0.4) is 0 Å². The van der Waals surface area contributed by atoms with Crippen molar-refractivity contribution in [3.05, 3.63) is 59.4 Å². The number of carboxylic acids is 1. The second-order valence-electron chi connectivity index (χ2n) is 9.35. The summed E-state index contributed by atoms with van der Waals surface area (Å²) >= 11 is 0. The molecular weight excluding hydrogens is 386 g/mol. The fraction of sp³-hybridized carbons (Fsp3) is 0.462. The Morgan fingerprint density at radius 2 is 1.94 bits per heavy atom. The van der Waals surface area contributed by atoms with Gasteiger partial charge in [0.1, 0.15) is 5.82 Å². The van der Waals surface area contributed by atoms with E-state index < -0.39 is 5.97 Å². The molecule has 1 aliphatic heterocycles. The Bertz CT molecular complexity index is 1100. The summed E-state index contributed by atoms with van der Waals surface area (Å²) in [6.07, 6.45) is 6.39. The van der Waals surface area contributed by atoms with Gasteiger partial charge in [-0.2, -0.15) is 0 Å². The van der Waals surface area contributed by atoms with Crippen molar-refractivity contribution in [2.24, 2.45) is 5.92 Å². The van der Waals surface area contributed by atoms with E-state index in [0.717, 1.165) is 49.9 Å². The van der Waals surface area contributed by atoms with E-state index in [-0.39, 0.29) is 12.0 Å². The Kier molecular flexibility index (Phi) is 5.20. The normalized spacial score (nSPS) is 23.7. The summed E-state index contributed by atoms with van der Waals surface area (Å²) in [5.41, 5.74) is 6.15. The van der Waals surface area contributed by atoms with E-state index in [2.05, 4.69) is 59.8 Å². The van der Waals surface area contributed by atoms with E-state index >= 15 is 0 Å². The topological polar surface area (TPSA) is 58.4 Å². The molecule has 2 heterocycles. The van der Waals surface area contributed by atoms with Crippen molar-refractivity contribution in [1.29, 1.82) is 0 Å². The molecule has 0 spiro atoms. The van der Waals surface area contributed by atoms with Gasteiger partial charge < -0.3 is 14.6 Å². The average molecular weight is 418 g/mol. The first-order valence-corrected chi connectivity index (χ1v) is 11.5. The standard InChI is InChI=1S/C26H31N3O2/c1-17-11-12-21-22(28(17)2)13-14-23-25(21)27-24(15-18-7-4-3-5-8-18)29(23)20-10-6-9-19(16-20)26(30)31/h3-5,7-8,13-14,17,19-20H,6,9-12,15-16H2,1-2H3,(H,30,31)/t17-,19?,20?/m0/s1. The third kappa shape index (κ3) is 3.60. The fourth-order valence-electron chi connectivity index (χ4n) is 5.55. The van der Waals surface area contributed by atoms with Crippen molar-refractivity contribution in [2.45, 2.75) is 64.0 Å². The van der Waals surface area contributed by atoms with Crippen molar-refractivity contribution >= 4 is 22.7 Å². The number of aliphatic carboxylic acids is 1. The van der Waals surface area contributed by atoms with Crippen molar-refractivity contribution < 1.29 is 9.90 Å². The van der Waals surface area contributed by atoms with Gasteiger partial charge in [0.05, 0.1) is 17.0 Å². The highest BCUT2D eigenvalue weighted by Gasteiger charge is 2.31. The molecule has 0 radical (unpaired) electrons. The number of hydrogen-bond acceptors (Lipinski definition) is 3. The minimum atomic E-state index is -0.660. The van der Waals surface area contributed by atoms with Crippen molar-refractivity contribution in [1.82, 2.24) is 9.55 Å². The highest BCUT2D eigenvalue weighted by atomic mass is 16.4. The van der Waals surface area contributed by atoms with E-state index in [0.29, 0.717) is 12.5 Å². The molecule has 5 heteroatoms. The first-order valence-electron chi connectivity index (χ1n) is 11.5. The van der Waals surface area contributed by atoms with E-state index in [9.17, 15) is 9.90 Å². The van der Waals surface area contributed by atoms with Crippen molar-refractivity contribution in [3.8, 4) is 0 Å². The van der Waals surface area contributed by atoms with E-state index in [1.165, 1.54) is 22.3 Å². The molecule has 31 heavy (non-hydrogen) atoms. The Morgan fingerprint density at radius 1 is 1.13 bits per heavy atom. The fourth-order valence-corrected chi connectivity index (χ4v) is 5.55. The molecule has 2 unspecified atom stereocenters. The lowest BCUT2D eigenvalue weighted by molar-refractivity contribution is -0.143. The molecule has 2 aliphatic rings. The van der Waals surface area contributed by atoms with Crippen LogP contribution in [0.2, 0.25) is 0 Å². The van der Waals surface area contributed by atoms with Crippen LogP contribution in [0.25, 0.3) is 11.0 Å². The highest BCUT2D eigenvalue weighted by molar-refractivity contribution is 5.86. The molecule has 0 amide bonds. The van der Waals surface area contributed by atoms with Crippen molar-refractivity contribution in [3.63, 3.8) is 0 Å². The van der Waals surface area contributed by atoms with Crippen LogP contribution in [0.1, 0.15) is 62.0 Å². The van der Waals surface area contributed by atoms with Crippen LogP contribution in [0, 0.1) is 5.92 Å². The van der Waals surface area contributed by atoms with E-state index in [1.54, 1.807) is 0 Å². The lowest BCUT2D eigenvalue weighted by atomic mass is 9.85. The number of aryl methyl sites for hydroxylation is 1. The number of rotatable bonds is 4. The summed E-state index contributed by atoms with van der Waals surface area (Å²) in [6.45, 7) is 2.28. The lowest BCUT2D eigenvalue weighted by Gasteiger charge is -2.34. The van der Waals surface area contributed by atoms with Gasteiger partial charge in [0.15, 0.2) is 0 Å². The first kappa shape index (κ1) is 20.1.